The summed E-state index contributed by atoms with van der Waals surface area (Å²) in [6.45, 7) is 2.84. The van der Waals surface area contributed by atoms with Gasteiger partial charge in [0.1, 0.15) is 5.82 Å². The maximum atomic E-state index is 11.6. The van der Waals surface area contributed by atoms with Gasteiger partial charge in [-0.15, -0.1) is 0 Å². The third kappa shape index (κ3) is 4.70. The zero-order valence-corrected chi connectivity index (χ0v) is 17.6. The first-order valence-corrected chi connectivity index (χ1v) is 11.6. The van der Waals surface area contributed by atoms with Crippen LogP contribution in [0.4, 0.5) is 0 Å². The maximum absolute atomic E-state index is 11.6. The molecule has 1 aliphatic rings. The lowest BCUT2D eigenvalue weighted by molar-refractivity contribution is -0.0156. The number of hydrogen-bond acceptors (Lipinski definition) is 5. The van der Waals surface area contributed by atoms with Gasteiger partial charge >= 0.3 is 0 Å². The minimum Gasteiger partial charge on any atom is -0.378 e. The topological polar surface area (TPSA) is 75.3 Å². The summed E-state index contributed by atoms with van der Waals surface area (Å²) in [5.41, 5.74) is 2.92. The largest absolute Gasteiger partial charge is 0.378 e. The third-order valence-corrected chi connectivity index (χ3v) is 6.42. The molecule has 152 valence electrons. The van der Waals surface area contributed by atoms with E-state index in [9.17, 15) is 8.42 Å². The Bertz CT molecular complexity index is 1080. The van der Waals surface area contributed by atoms with Gasteiger partial charge in [0.15, 0.2) is 9.84 Å². The smallest absolute Gasteiger partial charge is 0.175 e. The maximum Gasteiger partial charge on any atom is 0.175 e. The minimum atomic E-state index is -3.21. The van der Waals surface area contributed by atoms with Crippen LogP contribution in [0.5, 0.6) is 0 Å². The molecule has 1 N–H and O–H groups in total. The van der Waals surface area contributed by atoms with Crippen LogP contribution in [0, 0.1) is 0 Å². The van der Waals surface area contributed by atoms with Crippen molar-refractivity contribution in [3.63, 3.8) is 0 Å². The summed E-state index contributed by atoms with van der Waals surface area (Å²) in [4.78, 5) is 10.6. The van der Waals surface area contributed by atoms with Gasteiger partial charge in [0.25, 0.3) is 0 Å². The van der Waals surface area contributed by atoms with E-state index in [-0.39, 0.29) is 6.04 Å². The Labute approximate surface area is 175 Å². The van der Waals surface area contributed by atoms with E-state index in [4.69, 9.17) is 16.3 Å². The average molecular weight is 432 g/mol. The van der Waals surface area contributed by atoms with E-state index < -0.39 is 9.84 Å². The zero-order chi connectivity index (χ0) is 20.4. The van der Waals surface area contributed by atoms with E-state index in [1.54, 1.807) is 30.5 Å². The van der Waals surface area contributed by atoms with Crippen molar-refractivity contribution in [3.8, 4) is 11.3 Å². The summed E-state index contributed by atoms with van der Waals surface area (Å²) < 4.78 is 29.0. The van der Waals surface area contributed by atoms with Gasteiger partial charge in [-0.05, 0) is 35.4 Å². The molecule has 0 unspecified atom stereocenters. The third-order valence-electron chi connectivity index (χ3n) is 5.04. The lowest BCUT2D eigenvalue weighted by Crippen LogP contribution is -2.39. The number of nitrogens with zero attached hydrogens (tertiary/aromatic N) is 2. The Kier molecular flexibility index (Phi) is 5.74. The number of imidazole rings is 1. The van der Waals surface area contributed by atoms with E-state index in [1.807, 2.05) is 24.3 Å². The number of sulfone groups is 1. The number of morpholine rings is 1. The van der Waals surface area contributed by atoms with Crippen LogP contribution in [0.25, 0.3) is 11.3 Å². The van der Waals surface area contributed by atoms with Crippen molar-refractivity contribution < 1.29 is 13.2 Å². The molecule has 0 aliphatic carbocycles. The van der Waals surface area contributed by atoms with Crippen LogP contribution in [-0.4, -0.2) is 49.3 Å². The molecule has 0 saturated carbocycles. The average Bonchev–Trinajstić information content (AvgIpc) is 3.20. The number of benzene rings is 2. The first-order valence-electron chi connectivity index (χ1n) is 9.32. The van der Waals surface area contributed by atoms with Crippen molar-refractivity contribution in [3.05, 3.63) is 71.1 Å². The predicted molar refractivity (Wildman–Crippen MR) is 113 cm³/mol. The number of nitrogens with one attached hydrogen (secondary N) is 1. The van der Waals surface area contributed by atoms with Gasteiger partial charge < -0.3 is 9.72 Å². The van der Waals surface area contributed by atoms with Crippen LogP contribution in [0.1, 0.15) is 17.4 Å². The van der Waals surface area contributed by atoms with Crippen molar-refractivity contribution in [1.82, 2.24) is 14.9 Å². The van der Waals surface area contributed by atoms with Gasteiger partial charge in [0.2, 0.25) is 0 Å². The second-order valence-corrected chi connectivity index (χ2v) is 9.62. The van der Waals surface area contributed by atoms with E-state index in [1.165, 1.54) is 11.8 Å². The van der Waals surface area contributed by atoms with Gasteiger partial charge in [0.05, 0.1) is 36.0 Å². The van der Waals surface area contributed by atoms with Crippen LogP contribution in [0.15, 0.2) is 59.6 Å². The number of H-pyrrole nitrogens is 1. The molecule has 29 heavy (non-hydrogen) atoms. The fourth-order valence-corrected chi connectivity index (χ4v) is 4.19. The molecular weight excluding hydrogens is 410 g/mol. The fraction of sp³-hybridized carbons (Fsp3) is 0.286. The fourth-order valence-electron chi connectivity index (χ4n) is 3.44. The molecule has 0 bridgehead atoms. The molecular formula is C21H22ClN3O3S. The minimum absolute atomic E-state index is 0.0171. The SMILES string of the molecule is CS(=O)(=O)c1ccc(-c2cnc([C@@H]3COCCN3Cc3ccc(Cl)cc3)[nH]2)cc1. The number of aromatic nitrogens is 2. The van der Waals surface area contributed by atoms with Crippen LogP contribution in [-0.2, 0) is 21.1 Å². The monoisotopic (exact) mass is 431 g/mol. The van der Waals surface area contributed by atoms with Crippen molar-refractivity contribution >= 4 is 21.4 Å². The van der Waals surface area contributed by atoms with Crippen LogP contribution >= 0.6 is 11.6 Å². The van der Waals surface area contributed by atoms with Crippen molar-refractivity contribution in [1.29, 1.82) is 0 Å². The van der Waals surface area contributed by atoms with Gasteiger partial charge in [-0.1, -0.05) is 35.9 Å². The normalized spacial score (nSPS) is 18.1. The summed E-state index contributed by atoms with van der Waals surface area (Å²) in [7, 11) is -3.21. The predicted octanol–water partition coefficient (Wildman–Crippen LogP) is 3.71. The molecule has 1 aliphatic heterocycles. The summed E-state index contributed by atoms with van der Waals surface area (Å²) in [6, 6.07) is 14.7. The molecule has 0 amide bonds. The van der Waals surface area contributed by atoms with E-state index in [0.29, 0.717) is 18.1 Å². The highest BCUT2D eigenvalue weighted by Crippen LogP contribution is 2.27. The molecule has 0 spiro atoms. The first kappa shape index (κ1) is 20.1. The number of aromatic amines is 1. The van der Waals surface area contributed by atoms with Crippen molar-refractivity contribution in [2.75, 3.05) is 26.0 Å². The standard InChI is InChI=1S/C21H22ClN3O3S/c1-29(26,27)18-8-4-16(5-9-18)19-12-23-21(24-19)20-14-28-11-10-25(20)13-15-2-6-17(22)7-3-15/h2-9,12,20H,10-11,13-14H2,1H3,(H,23,24)/t20-/m0/s1. The number of hydrogen-bond donors (Lipinski definition) is 1. The molecule has 1 fully saturated rings. The Morgan fingerprint density at radius 2 is 1.90 bits per heavy atom. The highest BCUT2D eigenvalue weighted by Gasteiger charge is 2.27. The first-order chi connectivity index (χ1) is 13.9. The van der Waals surface area contributed by atoms with Crippen molar-refractivity contribution in [2.45, 2.75) is 17.5 Å². The van der Waals surface area contributed by atoms with Crippen molar-refractivity contribution in [2.24, 2.45) is 0 Å². The molecule has 0 radical (unpaired) electrons. The summed E-state index contributed by atoms with van der Waals surface area (Å²) in [5.74, 6) is 0.834. The molecule has 1 aromatic heterocycles. The van der Waals surface area contributed by atoms with E-state index >= 15 is 0 Å². The van der Waals surface area contributed by atoms with Gasteiger partial charge in [-0.25, -0.2) is 13.4 Å². The second kappa shape index (κ2) is 8.28. The van der Waals surface area contributed by atoms with Gasteiger partial charge in [0, 0.05) is 24.4 Å². The summed E-state index contributed by atoms with van der Waals surface area (Å²) in [6.07, 6.45) is 2.98. The second-order valence-electron chi connectivity index (χ2n) is 7.17. The van der Waals surface area contributed by atoms with Gasteiger partial charge in [-0.2, -0.15) is 0 Å². The van der Waals surface area contributed by atoms with Crippen LogP contribution in [0.2, 0.25) is 5.02 Å². The number of rotatable bonds is 5. The lowest BCUT2D eigenvalue weighted by Gasteiger charge is -2.34. The number of halogens is 1. The molecule has 8 heteroatoms. The quantitative estimate of drug-likeness (QED) is 0.666. The Balaban J connectivity index is 1.54. The Morgan fingerprint density at radius 1 is 1.17 bits per heavy atom. The Hall–Kier alpha value is -2.19. The Morgan fingerprint density at radius 3 is 2.59 bits per heavy atom. The molecule has 4 rings (SSSR count). The van der Waals surface area contributed by atoms with E-state index in [2.05, 4.69) is 14.9 Å². The molecule has 3 aromatic rings. The van der Waals surface area contributed by atoms with Crippen LogP contribution < -0.4 is 0 Å². The van der Waals surface area contributed by atoms with E-state index in [0.717, 1.165) is 35.2 Å². The molecule has 1 saturated heterocycles. The molecule has 2 aromatic carbocycles. The van der Waals surface area contributed by atoms with Crippen LogP contribution in [0.3, 0.4) is 0 Å². The highest BCUT2D eigenvalue weighted by molar-refractivity contribution is 7.90. The molecule has 6 nitrogen and oxygen atoms in total. The zero-order valence-electron chi connectivity index (χ0n) is 16.0. The van der Waals surface area contributed by atoms with Gasteiger partial charge in [-0.3, -0.25) is 4.90 Å². The number of ether oxygens (including phenoxy) is 1. The molecule has 1 atom stereocenters. The summed E-state index contributed by atoms with van der Waals surface area (Å²) >= 11 is 5.99. The highest BCUT2D eigenvalue weighted by atomic mass is 35.5. The summed E-state index contributed by atoms with van der Waals surface area (Å²) in [5, 5.41) is 0.727. The lowest BCUT2D eigenvalue weighted by atomic mass is 10.1. The molecule has 2 heterocycles.